The number of alkyl halides is 8. The van der Waals surface area contributed by atoms with E-state index < -0.39 is 77.7 Å². The topological polar surface area (TPSA) is 87.7 Å². The minimum Gasteiger partial charge on any atom is -0.444 e. The summed E-state index contributed by atoms with van der Waals surface area (Å²) in [5.41, 5.74) is -3.35. The van der Waals surface area contributed by atoms with Crippen molar-refractivity contribution in [1.29, 1.82) is 0 Å². The predicted molar refractivity (Wildman–Crippen MR) is 120 cm³/mol. The molecule has 0 aliphatic carbocycles. The Morgan fingerprint density at radius 3 is 2.33 bits per heavy atom. The second kappa shape index (κ2) is 11.0. The molecular formula is C23H29F8N5O3. The van der Waals surface area contributed by atoms with Crippen molar-refractivity contribution in [2.24, 2.45) is 0 Å². The third-order valence-electron chi connectivity index (χ3n) is 6.10. The Morgan fingerprint density at radius 1 is 1.08 bits per heavy atom. The highest BCUT2D eigenvalue weighted by atomic mass is 19.4. The van der Waals surface area contributed by atoms with Crippen LogP contribution in [0.25, 0.3) is 0 Å². The van der Waals surface area contributed by atoms with Crippen molar-refractivity contribution < 1.29 is 49.4 Å². The van der Waals surface area contributed by atoms with Crippen LogP contribution in [0.4, 0.5) is 39.9 Å². The molecule has 1 aromatic heterocycles. The van der Waals surface area contributed by atoms with Gasteiger partial charge in [0, 0.05) is 44.6 Å². The number of fused-ring (bicyclic) bond motifs is 1. The number of carbonyl (C=O) groups excluding carboxylic acids is 2. The third-order valence-corrected chi connectivity index (χ3v) is 6.10. The van der Waals surface area contributed by atoms with Crippen molar-refractivity contribution in [2.45, 2.75) is 82.9 Å². The number of ether oxygens (including phenoxy) is 1. The van der Waals surface area contributed by atoms with Gasteiger partial charge >= 0.3 is 18.4 Å². The Bertz CT molecular complexity index is 1070. The Labute approximate surface area is 219 Å². The number of amides is 2. The molecule has 2 aliphatic rings. The molecule has 16 heteroatoms. The summed E-state index contributed by atoms with van der Waals surface area (Å²) in [6.07, 6.45) is -12.4. The molecule has 0 unspecified atom stereocenters. The zero-order valence-electron chi connectivity index (χ0n) is 21.5. The molecule has 1 saturated heterocycles. The van der Waals surface area contributed by atoms with Crippen LogP contribution in [0.2, 0.25) is 0 Å². The first-order chi connectivity index (χ1) is 17.7. The van der Waals surface area contributed by atoms with E-state index in [0.717, 1.165) is 4.90 Å². The minimum absolute atomic E-state index is 0.0185. The molecule has 0 spiro atoms. The zero-order valence-corrected chi connectivity index (χ0v) is 21.5. The monoisotopic (exact) mass is 575 g/mol. The molecule has 3 rings (SSSR count). The van der Waals surface area contributed by atoms with Gasteiger partial charge in [-0.15, -0.1) is 0 Å². The summed E-state index contributed by atoms with van der Waals surface area (Å²) in [5, 5.41) is 2.54. The van der Waals surface area contributed by atoms with E-state index in [1.807, 2.05) is 0 Å². The van der Waals surface area contributed by atoms with Crippen molar-refractivity contribution in [3.8, 4) is 0 Å². The lowest BCUT2D eigenvalue weighted by molar-refractivity contribution is -0.153. The molecule has 2 aliphatic heterocycles. The lowest BCUT2D eigenvalue weighted by Gasteiger charge is -2.36. The Hall–Kier alpha value is -2.78. The minimum atomic E-state index is -5.19. The van der Waals surface area contributed by atoms with Crippen molar-refractivity contribution >= 4 is 12.0 Å². The van der Waals surface area contributed by atoms with Gasteiger partial charge in [-0.05, 0) is 33.6 Å². The van der Waals surface area contributed by atoms with E-state index in [1.165, 1.54) is 4.90 Å². The second-order valence-electron chi connectivity index (χ2n) is 10.6. The van der Waals surface area contributed by atoms with Gasteiger partial charge in [0.05, 0.1) is 18.3 Å². The highest BCUT2D eigenvalue weighted by Gasteiger charge is 2.44. The van der Waals surface area contributed by atoms with Gasteiger partial charge in [-0.1, -0.05) is 0 Å². The number of alkyl carbamates (subject to hydrolysis) is 1. The van der Waals surface area contributed by atoms with E-state index in [2.05, 4.69) is 15.3 Å². The number of aromatic nitrogens is 2. The standard InChI is InChI=1S/C23H29F8N5O3/c1-20(2,3)39-19(38)32-13(10-36-12-21(24,25)7-4-16(36)37)5-8-35-9-6-14-15(11-35)33-18(23(29,30)31)34-17(14)22(26,27)28/h13H,4-12H2,1-3H3,(H,32,38)/t13-/m0/s1. The lowest BCUT2D eigenvalue weighted by atomic mass is 10.0. The van der Waals surface area contributed by atoms with Crippen LogP contribution >= 0.6 is 0 Å². The van der Waals surface area contributed by atoms with Crippen molar-refractivity contribution in [1.82, 2.24) is 25.1 Å². The van der Waals surface area contributed by atoms with Gasteiger partial charge in [0.25, 0.3) is 5.92 Å². The van der Waals surface area contributed by atoms with Gasteiger partial charge in [0.1, 0.15) is 5.60 Å². The summed E-state index contributed by atoms with van der Waals surface area (Å²) in [4.78, 5) is 33.1. The van der Waals surface area contributed by atoms with Crippen molar-refractivity contribution in [3.05, 3.63) is 22.8 Å². The maximum atomic E-state index is 13.9. The van der Waals surface area contributed by atoms with Crippen LogP contribution in [0.15, 0.2) is 0 Å². The Morgan fingerprint density at radius 2 is 1.74 bits per heavy atom. The second-order valence-corrected chi connectivity index (χ2v) is 10.6. The maximum Gasteiger partial charge on any atom is 0.451 e. The van der Waals surface area contributed by atoms with E-state index in [4.69, 9.17) is 4.74 Å². The SMILES string of the molecule is CC(C)(C)OC(=O)N[C@@H](CCN1CCc2c(nc(C(F)(F)F)nc2C(F)(F)F)C1)CN1CC(F)(F)CCC1=O. The summed E-state index contributed by atoms with van der Waals surface area (Å²) >= 11 is 0. The Kier molecular flexibility index (Phi) is 8.68. The average Bonchev–Trinajstić information content (AvgIpc) is 2.76. The van der Waals surface area contributed by atoms with Crippen LogP contribution in [0.3, 0.4) is 0 Å². The van der Waals surface area contributed by atoms with Crippen LogP contribution in [-0.4, -0.2) is 75.5 Å². The maximum absolute atomic E-state index is 13.9. The van der Waals surface area contributed by atoms with Crippen LogP contribution in [0.5, 0.6) is 0 Å². The number of likely N-dealkylation sites (tertiary alicyclic amines) is 1. The fourth-order valence-corrected chi connectivity index (χ4v) is 4.39. The molecule has 0 bridgehead atoms. The van der Waals surface area contributed by atoms with Gasteiger partial charge in [-0.25, -0.2) is 23.5 Å². The molecule has 220 valence electrons. The smallest absolute Gasteiger partial charge is 0.444 e. The highest BCUT2D eigenvalue weighted by molar-refractivity contribution is 5.77. The summed E-state index contributed by atoms with van der Waals surface area (Å²) in [7, 11) is 0. The van der Waals surface area contributed by atoms with E-state index in [0.29, 0.717) is 0 Å². The quantitative estimate of drug-likeness (QED) is 0.506. The average molecular weight is 576 g/mol. The van der Waals surface area contributed by atoms with Crippen molar-refractivity contribution in [2.75, 3.05) is 26.2 Å². The number of carbonyl (C=O) groups is 2. The normalized spacial score (nSPS) is 19.5. The molecular weight excluding hydrogens is 546 g/mol. The van der Waals surface area contributed by atoms with Crippen LogP contribution < -0.4 is 5.32 Å². The van der Waals surface area contributed by atoms with Gasteiger partial charge < -0.3 is 15.0 Å². The molecule has 1 N–H and O–H groups in total. The number of halogens is 8. The molecule has 1 aromatic rings. The fourth-order valence-electron chi connectivity index (χ4n) is 4.39. The van der Waals surface area contributed by atoms with Gasteiger partial charge in [-0.3, -0.25) is 9.69 Å². The van der Waals surface area contributed by atoms with Crippen molar-refractivity contribution in [3.63, 3.8) is 0 Å². The first-order valence-corrected chi connectivity index (χ1v) is 12.2. The summed E-state index contributed by atoms with van der Waals surface area (Å²) in [6.45, 7) is 3.40. The molecule has 8 nitrogen and oxygen atoms in total. The highest BCUT2D eigenvalue weighted by Crippen LogP contribution is 2.37. The molecule has 2 amide bonds. The van der Waals surface area contributed by atoms with Gasteiger partial charge in [-0.2, -0.15) is 26.3 Å². The molecule has 0 saturated carbocycles. The van der Waals surface area contributed by atoms with Crippen LogP contribution in [-0.2, 0) is 34.8 Å². The lowest BCUT2D eigenvalue weighted by Crippen LogP contribution is -2.53. The third kappa shape index (κ3) is 8.60. The number of hydrogen-bond donors (Lipinski definition) is 1. The number of piperidine rings is 1. The zero-order chi connectivity index (χ0) is 29.4. The number of rotatable bonds is 6. The largest absolute Gasteiger partial charge is 0.451 e. The van der Waals surface area contributed by atoms with E-state index in [1.54, 1.807) is 20.8 Å². The molecule has 39 heavy (non-hydrogen) atoms. The van der Waals surface area contributed by atoms with Gasteiger partial charge in [0.15, 0.2) is 5.69 Å². The van der Waals surface area contributed by atoms with E-state index in [9.17, 15) is 44.7 Å². The fraction of sp³-hybridized carbons (Fsp3) is 0.739. The molecule has 3 heterocycles. The molecule has 1 fully saturated rings. The van der Waals surface area contributed by atoms with E-state index in [-0.39, 0.29) is 45.4 Å². The van der Waals surface area contributed by atoms with Gasteiger partial charge in [0.2, 0.25) is 11.7 Å². The van der Waals surface area contributed by atoms with Crippen LogP contribution in [0.1, 0.15) is 62.8 Å². The molecule has 0 radical (unpaired) electrons. The summed E-state index contributed by atoms with van der Waals surface area (Å²) in [6, 6.07) is -0.888. The Balaban J connectivity index is 1.77. The molecule has 0 aromatic carbocycles. The van der Waals surface area contributed by atoms with Crippen LogP contribution in [0, 0.1) is 0 Å². The first-order valence-electron chi connectivity index (χ1n) is 12.2. The molecule has 1 atom stereocenters. The summed E-state index contributed by atoms with van der Waals surface area (Å²) in [5.74, 6) is -5.53. The first kappa shape index (κ1) is 30.8. The number of nitrogens with zero attached hydrogens (tertiary/aromatic N) is 4. The summed E-state index contributed by atoms with van der Waals surface area (Å²) < 4.78 is 113. The number of hydrogen-bond acceptors (Lipinski definition) is 6. The predicted octanol–water partition coefficient (Wildman–Crippen LogP) is 4.41. The van der Waals surface area contributed by atoms with E-state index >= 15 is 0 Å². The number of nitrogens with one attached hydrogen (secondary N) is 1.